The molecule has 0 aromatic carbocycles. The molecule has 1 amide bonds. The molecule has 2 saturated carbocycles. The van der Waals surface area contributed by atoms with Gasteiger partial charge in [0.05, 0.1) is 5.54 Å². The summed E-state index contributed by atoms with van der Waals surface area (Å²) in [6, 6.07) is 0.523. The van der Waals surface area contributed by atoms with Crippen molar-refractivity contribution in [3.8, 4) is 0 Å². The van der Waals surface area contributed by atoms with E-state index >= 15 is 0 Å². The summed E-state index contributed by atoms with van der Waals surface area (Å²) in [6.45, 7) is 0. The van der Waals surface area contributed by atoms with Crippen LogP contribution >= 0.6 is 0 Å². The molecule has 0 atom stereocenters. The minimum absolute atomic E-state index is 0.120. The number of rotatable bonds is 3. The Labute approximate surface area is 105 Å². The van der Waals surface area contributed by atoms with E-state index in [9.17, 15) is 4.79 Å². The predicted octanol–water partition coefficient (Wildman–Crippen LogP) is 2.49. The Morgan fingerprint density at radius 3 is 2.00 bits per heavy atom. The monoisotopic (exact) mass is 238 g/mol. The Hall–Kier alpha value is -0.570. The first-order chi connectivity index (χ1) is 8.23. The zero-order valence-corrected chi connectivity index (χ0v) is 10.8. The number of carbonyl (C=O) groups excluding carboxylic acids is 1. The Kier molecular flexibility index (Phi) is 4.43. The summed E-state index contributed by atoms with van der Waals surface area (Å²) in [7, 11) is 0. The van der Waals surface area contributed by atoms with Crippen molar-refractivity contribution in [2.24, 2.45) is 5.73 Å². The molecule has 3 heteroatoms. The van der Waals surface area contributed by atoms with E-state index in [0.717, 1.165) is 25.7 Å². The number of nitrogens with one attached hydrogen (secondary N) is 1. The maximum atomic E-state index is 11.9. The van der Waals surface area contributed by atoms with Gasteiger partial charge in [0.1, 0.15) is 0 Å². The number of hydrogen-bond donors (Lipinski definition) is 2. The van der Waals surface area contributed by atoms with Crippen LogP contribution in [0, 0.1) is 0 Å². The molecule has 0 aromatic heterocycles. The Morgan fingerprint density at radius 2 is 1.47 bits per heavy atom. The van der Waals surface area contributed by atoms with Crippen LogP contribution in [0.15, 0.2) is 0 Å². The predicted molar refractivity (Wildman–Crippen MR) is 69.6 cm³/mol. The molecule has 0 saturated heterocycles. The molecule has 3 N–H and O–H groups in total. The minimum Gasteiger partial charge on any atom is -0.368 e. The van der Waals surface area contributed by atoms with Gasteiger partial charge in [0, 0.05) is 6.04 Å². The van der Waals surface area contributed by atoms with Gasteiger partial charge in [-0.1, -0.05) is 44.9 Å². The maximum absolute atomic E-state index is 11.9. The first-order valence-electron chi connectivity index (χ1n) is 7.31. The average Bonchev–Trinajstić information content (AvgIpc) is 2.57. The third-order valence-corrected chi connectivity index (χ3v) is 4.51. The summed E-state index contributed by atoms with van der Waals surface area (Å²) in [4.78, 5) is 11.9. The molecule has 2 aliphatic carbocycles. The maximum Gasteiger partial charge on any atom is 0.237 e. The highest BCUT2D eigenvalue weighted by Crippen LogP contribution is 2.29. The molecule has 2 fully saturated rings. The van der Waals surface area contributed by atoms with E-state index in [1.165, 1.54) is 44.9 Å². The van der Waals surface area contributed by atoms with Gasteiger partial charge in [0.15, 0.2) is 0 Å². The van der Waals surface area contributed by atoms with E-state index in [2.05, 4.69) is 5.32 Å². The van der Waals surface area contributed by atoms with Crippen LogP contribution in [-0.2, 0) is 4.79 Å². The third-order valence-electron chi connectivity index (χ3n) is 4.51. The van der Waals surface area contributed by atoms with Gasteiger partial charge in [-0.25, -0.2) is 0 Å². The van der Waals surface area contributed by atoms with E-state index in [4.69, 9.17) is 5.73 Å². The van der Waals surface area contributed by atoms with Crippen molar-refractivity contribution < 1.29 is 4.79 Å². The van der Waals surface area contributed by atoms with E-state index in [-0.39, 0.29) is 5.91 Å². The highest BCUT2D eigenvalue weighted by Gasteiger charge is 2.38. The number of hydrogen-bond acceptors (Lipinski definition) is 2. The zero-order valence-electron chi connectivity index (χ0n) is 10.8. The second-order valence-corrected chi connectivity index (χ2v) is 5.84. The molecule has 3 nitrogen and oxygen atoms in total. The van der Waals surface area contributed by atoms with Crippen LogP contribution in [0.5, 0.6) is 0 Å². The van der Waals surface area contributed by atoms with Gasteiger partial charge in [-0.05, 0) is 25.7 Å². The van der Waals surface area contributed by atoms with Crippen LogP contribution in [-0.4, -0.2) is 17.5 Å². The van der Waals surface area contributed by atoms with Crippen LogP contribution < -0.4 is 11.1 Å². The van der Waals surface area contributed by atoms with Crippen LogP contribution in [0.1, 0.15) is 70.6 Å². The van der Waals surface area contributed by atoms with Crippen molar-refractivity contribution >= 4 is 5.91 Å². The van der Waals surface area contributed by atoms with Gasteiger partial charge in [-0.2, -0.15) is 0 Å². The Bertz CT molecular complexity index is 251. The quantitative estimate of drug-likeness (QED) is 0.742. The molecule has 0 aromatic rings. The lowest BCUT2D eigenvalue weighted by molar-refractivity contribution is -0.125. The van der Waals surface area contributed by atoms with Crippen LogP contribution in [0.4, 0.5) is 0 Å². The molecule has 0 aliphatic heterocycles. The van der Waals surface area contributed by atoms with Gasteiger partial charge in [0.2, 0.25) is 5.91 Å². The van der Waals surface area contributed by atoms with E-state index < -0.39 is 5.54 Å². The molecule has 0 spiro atoms. The Balaban J connectivity index is 2.01. The van der Waals surface area contributed by atoms with Gasteiger partial charge >= 0.3 is 0 Å². The van der Waals surface area contributed by atoms with E-state index in [0.29, 0.717) is 6.04 Å². The smallest absolute Gasteiger partial charge is 0.237 e. The van der Waals surface area contributed by atoms with E-state index in [1.54, 1.807) is 0 Å². The van der Waals surface area contributed by atoms with E-state index in [1.807, 2.05) is 0 Å². The molecule has 2 rings (SSSR count). The average molecular weight is 238 g/mol. The molecule has 2 aliphatic rings. The summed E-state index contributed by atoms with van der Waals surface area (Å²) in [5.74, 6) is -0.120. The fraction of sp³-hybridized carbons (Fsp3) is 0.929. The minimum atomic E-state index is -0.390. The lowest BCUT2D eigenvalue weighted by atomic mass is 9.85. The lowest BCUT2D eigenvalue weighted by Crippen LogP contribution is -2.58. The summed E-state index contributed by atoms with van der Waals surface area (Å²) in [5.41, 5.74) is 5.30. The Morgan fingerprint density at radius 1 is 0.941 bits per heavy atom. The van der Waals surface area contributed by atoms with Gasteiger partial charge < -0.3 is 11.1 Å². The molecule has 98 valence electrons. The van der Waals surface area contributed by atoms with Gasteiger partial charge in [0.25, 0.3) is 0 Å². The summed E-state index contributed by atoms with van der Waals surface area (Å²) in [6.07, 6.45) is 13.1. The molecule has 0 bridgehead atoms. The molecular weight excluding hydrogens is 212 g/mol. The van der Waals surface area contributed by atoms with Crippen LogP contribution in [0.25, 0.3) is 0 Å². The highest BCUT2D eigenvalue weighted by atomic mass is 16.1. The van der Waals surface area contributed by atoms with Crippen molar-refractivity contribution in [2.45, 2.75) is 82.2 Å². The lowest BCUT2D eigenvalue weighted by Gasteiger charge is -2.36. The van der Waals surface area contributed by atoms with Crippen LogP contribution in [0.2, 0.25) is 0 Å². The normalized spacial score (nSPS) is 26.4. The van der Waals surface area contributed by atoms with Gasteiger partial charge in [-0.15, -0.1) is 0 Å². The fourth-order valence-corrected chi connectivity index (χ4v) is 3.43. The number of carbonyl (C=O) groups is 1. The third kappa shape index (κ3) is 3.21. The first kappa shape index (κ1) is 12.9. The zero-order chi connectivity index (χ0) is 12.1. The van der Waals surface area contributed by atoms with Gasteiger partial charge in [-0.3, -0.25) is 4.79 Å². The number of primary amides is 1. The first-order valence-corrected chi connectivity index (χ1v) is 7.31. The van der Waals surface area contributed by atoms with Crippen molar-refractivity contribution in [2.75, 3.05) is 0 Å². The molecule has 0 heterocycles. The number of nitrogens with two attached hydrogens (primary N) is 1. The summed E-state index contributed by atoms with van der Waals surface area (Å²) in [5, 5.41) is 3.64. The molecular formula is C14H26N2O. The molecule has 17 heavy (non-hydrogen) atoms. The van der Waals surface area contributed by atoms with Crippen molar-refractivity contribution in [1.82, 2.24) is 5.32 Å². The summed E-state index contributed by atoms with van der Waals surface area (Å²) < 4.78 is 0. The molecule has 0 unspecified atom stereocenters. The molecule has 0 radical (unpaired) electrons. The highest BCUT2D eigenvalue weighted by molar-refractivity contribution is 5.84. The number of amides is 1. The standard InChI is InChI=1S/C14H26N2O/c15-13(17)14(10-6-1-2-7-11-14)16-12-8-4-3-5-9-12/h12,16H,1-11H2,(H2,15,17). The SMILES string of the molecule is NC(=O)C1(NC2CCCCC2)CCCCCC1. The second-order valence-electron chi connectivity index (χ2n) is 5.84. The van der Waals surface area contributed by atoms with Crippen molar-refractivity contribution in [3.63, 3.8) is 0 Å². The summed E-state index contributed by atoms with van der Waals surface area (Å²) >= 11 is 0. The van der Waals surface area contributed by atoms with Crippen molar-refractivity contribution in [1.29, 1.82) is 0 Å². The topological polar surface area (TPSA) is 55.1 Å². The second kappa shape index (κ2) is 5.85. The van der Waals surface area contributed by atoms with Crippen molar-refractivity contribution in [3.05, 3.63) is 0 Å². The van der Waals surface area contributed by atoms with Crippen LogP contribution in [0.3, 0.4) is 0 Å². The largest absolute Gasteiger partial charge is 0.368 e. The fourth-order valence-electron chi connectivity index (χ4n) is 3.43.